The molecule has 0 N–H and O–H groups in total. The molecule has 0 heterocycles. The van der Waals surface area contributed by atoms with Gasteiger partial charge in [-0.05, 0) is 39.7 Å². The summed E-state index contributed by atoms with van der Waals surface area (Å²) >= 11 is 3.53. The van der Waals surface area contributed by atoms with Crippen molar-refractivity contribution in [2.45, 2.75) is 20.8 Å². The first-order valence-electron chi connectivity index (χ1n) is 5.91. The summed E-state index contributed by atoms with van der Waals surface area (Å²) in [5.41, 5.74) is 1.82. The standard InChI is InChI=1S/C15H20BrNO/c1-15(2,3)14(18)9-7-11-6-8-13(17(4)5)12(16)10-11/h6-10H,1-5H3. The number of hydrogen-bond donors (Lipinski definition) is 0. The van der Waals surface area contributed by atoms with Gasteiger partial charge < -0.3 is 4.90 Å². The smallest absolute Gasteiger partial charge is 0.161 e. The number of carbonyl (C=O) groups excluding carboxylic acids is 1. The van der Waals surface area contributed by atoms with Gasteiger partial charge in [0.2, 0.25) is 0 Å². The zero-order chi connectivity index (χ0) is 13.9. The van der Waals surface area contributed by atoms with Crippen LogP contribution in [0.15, 0.2) is 28.7 Å². The molecule has 1 rings (SSSR count). The fraction of sp³-hybridized carbons (Fsp3) is 0.400. The van der Waals surface area contributed by atoms with Crippen LogP contribution in [-0.2, 0) is 4.79 Å². The third kappa shape index (κ3) is 3.98. The van der Waals surface area contributed by atoms with E-state index in [4.69, 9.17) is 0 Å². The van der Waals surface area contributed by atoms with Crippen molar-refractivity contribution in [2.24, 2.45) is 5.41 Å². The molecule has 98 valence electrons. The Morgan fingerprint density at radius 2 is 1.89 bits per heavy atom. The van der Waals surface area contributed by atoms with Gasteiger partial charge in [-0.1, -0.05) is 32.9 Å². The molecule has 3 heteroatoms. The van der Waals surface area contributed by atoms with Crippen molar-refractivity contribution in [1.29, 1.82) is 0 Å². The summed E-state index contributed by atoms with van der Waals surface area (Å²) in [4.78, 5) is 13.8. The van der Waals surface area contributed by atoms with E-state index in [-0.39, 0.29) is 11.2 Å². The maximum Gasteiger partial charge on any atom is 0.161 e. The number of anilines is 1. The molecule has 0 saturated carbocycles. The quantitative estimate of drug-likeness (QED) is 0.782. The van der Waals surface area contributed by atoms with Crippen molar-refractivity contribution < 1.29 is 4.79 Å². The van der Waals surface area contributed by atoms with Gasteiger partial charge in [0.25, 0.3) is 0 Å². The Labute approximate surface area is 118 Å². The van der Waals surface area contributed by atoms with Crippen molar-refractivity contribution >= 4 is 33.5 Å². The Morgan fingerprint density at radius 3 is 2.33 bits per heavy atom. The van der Waals surface area contributed by atoms with Gasteiger partial charge in [0.05, 0.1) is 5.69 Å². The highest BCUT2D eigenvalue weighted by Crippen LogP contribution is 2.26. The number of ketones is 1. The second-order valence-corrected chi connectivity index (χ2v) is 6.41. The van der Waals surface area contributed by atoms with Crippen molar-refractivity contribution in [3.05, 3.63) is 34.3 Å². The summed E-state index contributed by atoms with van der Waals surface area (Å²) in [7, 11) is 4.00. The van der Waals surface area contributed by atoms with Crippen LogP contribution in [0.1, 0.15) is 26.3 Å². The lowest BCUT2D eigenvalue weighted by Gasteiger charge is -2.15. The van der Waals surface area contributed by atoms with Gasteiger partial charge >= 0.3 is 0 Å². The molecule has 0 amide bonds. The first kappa shape index (κ1) is 15.0. The molecule has 0 spiro atoms. The summed E-state index contributed by atoms with van der Waals surface area (Å²) in [6.45, 7) is 5.76. The van der Waals surface area contributed by atoms with Crippen LogP contribution in [0.4, 0.5) is 5.69 Å². The highest BCUT2D eigenvalue weighted by Gasteiger charge is 2.17. The third-order valence-electron chi connectivity index (χ3n) is 2.62. The van der Waals surface area contributed by atoms with Crippen LogP contribution in [0.25, 0.3) is 6.08 Å². The molecular weight excluding hydrogens is 290 g/mol. The number of benzene rings is 1. The minimum atomic E-state index is -0.322. The molecule has 0 atom stereocenters. The van der Waals surface area contributed by atoms with E-state index in [2.05, 4.69) is 15.9 Å². The number of hydrogen-bond acceptors (Lipinski definition) is 2. The van der Waals surface area contributed by atoms with Crippen LogP contribution in [0.5, 0.6) is 0 Å². The molecular formula is C15H20BrNO. The van der Waals surface area contributed by atoms with Crippen LogP contribution >= 0.6 is 15.9 Å². The zero-order valence-corrected chi connectivity index (χ0v) is 13.2. The lowest BCUT2D eigenvalue weighted by molar-refractivity contribution is -0.121. The molecule has 2 nitrogen and oxygen atoms in total. The van der Waals surface area contributed by atoms with E-state index in [9.17, 15) is 4.79 Å². The van der Waals surface area contributed by atoms with E-state index in [1.807, 2.05) is 64.0 Å². The summed E-state index contributed by atoms with van der Waals surface area (Å²) in [6, 6.07) is 6.06. The number of allylic oxidation sites excluding steroid dienone is 1. The molecule has 0 fully saturated rings. The Bertz CT molecular complexity index is 470. The molecule has 1 aromatic rings. The summed E-state index contributed by atoms with van der Waals surface area (Å²) in [6.07, 6.45) is 3.51. The van der Waals surface area contributed by atoms with Crippen LogP contribution in [0.2, 0.25) is 0 Å². The lowest BCUT2D eigenvalue weighted by atomic mass is 9.90. The third-order valence-corrected chi connectivity index (χ3v) is 3.26. The minimum absolute atomic E-state index is 0.135. The highest BCUT2D eigenvalue weighted by atomic mass is 79.9. The Kier molecular flexibility index (Phi) is 4.74. The molecule has 1 aromatic carbocycles. The maximum absolute atomic E-state index is 11.8. The van der Waals surface area contributed by atoms with Crippen LogP contribution in [0.3, 0.4) is 0 Å². The van der Waals surface area contributed by atoms with Crippen LogP contribution in [0, 0.1) is 5.41 Å². The Morgan fingerprint density at radius 1 is 1.28 bits per heavy atom. The average Bonchev–Trinajstić information content (AvgIpc) is 2.24. The van der Waals surface area contributed by atoms with Crippen molar-refractivity contribution in [3.63, 3.8) is 0 Å². The van der Waals surface area contributed by atoms with Gasteiger partial charge in [0.1, 0.15) is 0 Å². The fourth-order valence-corrected chi connectivity index (χ4v) is 2.16. The number of nitrogens with zero attached hydrogens (tertiary/aromatic N) is 1. The number of halogens is 1. The van der Waals surface area contributed by atoms with Crippen molar-refractivity contribution in [3.8, 4) is 0 Å². The van der Waals surface area contributed by atoms with Gasteiger partial charge in [0, 0.05) is 24.0 Å². The average molecular weight is 310 g/mol. The first-order chi connectivity index (χ1) is 8.21. The van der Waals surface area contributed by atoms with E-state index in [1.165, 1.54) is 0 Å². The molecule has 0 aliphatic heterocycles. The van der Waals surface area contributed by atoms with Crippen molar-refractivity contribution in [1.82, 2.24) is 0 Å². The molecule has 18 heavy (non-hydrogen) atoms. The normalized spacial score (nSPS) is 11.9. The molecule has 0 saturated heterocycles. The predicted molar refractivity (Wildman–Crippen MR) is 82.0 cm³/mol. The molecule has 0 aliphatic carbocycles. The van der Waals surface area contributed by atoms with Gasteiger partial charge in [-0.25, -0.2) is 0 Å². The number of rotatable bonds is 3. The summed E-state index contributed by atoms with van der Waals surface area (Å²) in [5, 5.41) is 0. The molecule has 0 radical (unpaired) electrons. The topological polar surface area (TPSA) is 20.3 Å². The van der Waals surface area contributed by atoms with Crippen LogP contribution < -0.4 is 4.90 Å². The molecule has 0 unspecified atom stereocenters. The second-order valence-electron chi connectivity index (χ2n) is 5.55. The second kappa shape index (κ2) is 5.70. The molecule has 0 bridgehead atoms. The van der Waals surface area contributed by atoms with E-state index in [0.717, 1.165) is 15.7 Å². The van der Waals surface area contributed by atoms with Gasteiger partial charge in [-0.2, -0.15) is 0 Å². The van der Waals surface area contributed by atoms with Crippen molar-refractivity contribution in [2.75, 3.05) is 19.0 Å². The summed E-state index contributed by atoms with van der Waals surface area (Å²) in [5.74, 6) is 0.135. The monoisotopic (exact) mass is 309 g/mol. The highest BCUT2D eigenvalue weighted by molar-refractivity contribution is 9.10. The largest absolute Gasteiger partial charge is 0.377 e. The van der Waals surface area contributed by atoms with Crippen LogP contribution in [-0.4, -0.2) is 19.9 Å². The zero-order valence-electron chi connectivity index (χ0n) is 11.6. The van der Waals surface area contributed by atoms with E-state index in [1.54, 1.807) is 6.08 Å². The predicted octanol–water partition coefficient (Wildman–Crippen LogP) is 4.14. The SMILES string of the molecule is CN(C)c1ccc(C=CC(=O)C(C)(C)C)cc1Br. The maximum atomic E-state index is 11.8. The fourth-order valence-electron chi connectivity index (χ4n) is 1.41. The minimum Gasteiger partial charge on any atom is -0.377 e. The van der Waals surface area contributed by atoms with Gasteiger partial charge in [-0.3, -0.25) is 4.79 Å². The lowest BCUT2D eigenvalue weighted by Crippen LogP contribution is -2.17. The Hall–Kier alpha value is -1.09. The number of carbonyl (C=O) groups is 1. The van der Waals surface area contributed by atoms with E-state index in [0.29, 0.717) is 0 Å². The molecule has 0 aliphatic rings. The van der Waals surface area contributed by atoms with Gasteiger partial charge in [-0.15, -0.1) is 0 Å². The first-order valence-corrected chi connectivity index (χ1v) is 6.70. The Balaban J connectivity index is 2.91. The molecule has 0 aromatic heterocycles. The van der Waals surface area contributed by atoms with E-state index < -0.39 is 0 Å². The van der Waals surface area contributed by atoms with Gasteiger partial charge in [0.15, 0.2) is 5.78 Å². The summed E-state index contributed by atoms with van der Waals surface area (Å²) < 4.78 is 1.03. The van der Waals surface area contributed by atoms with E-state index >= 15 is 0 Å².